The molecular weight excluding hydrogens is 332 g/mol. The third kappa shape index (κ3) is 3.81. The van der Waals surface area contributed by atoms with E-state index in [1.54, 1.807) is 4.90 Å². The molecule has 6 heteroatoms. The first kappa shape index (κ1) is 19.0. The second-order valence-electron chi connectivity index (χ2n) is 7.66. The highest BCUT2D eigenvalue weighted by Crippen LogP contribution is 2.40. The molecule has 2 aliphatic heterocycles. The quantitative estimate of drug-likeness (QED) is 0.864. The molecule has 2 unspecified atom stereocenters. The Morgan fingerprint density at radius 3 is 2.69 bits per heavy atom. The van der Waals surface area contributed by atoms with Crippen molar-refractivity contribution >= 4 is 6.09 Å². The number of carbonyl (C=O) groups excluding carboxylic acids is 1. The van der Waals surface area contributed by atoms with Gasteiger partial charge in [0.15, 0.2) is 0 Å². The molecule has 1 aromatic carbocycles. The van der Waals surface area contributed by atoms with E-state index in [9.17, 15) is 9.90 Å². The lowest BCUT2D eigenvalue weighted by atomic mass is 9.83. The number of phenols is 1. The van der Waals surface area contributed by atoms with Gasteiger partial charge in [-0.15, -0.1) is 0 Å². The monoisotopic (exact) mass is 362 g/mol. The number of phenolic OH excluding ortho intramolecular Hbond substituents is 1. The summed E-state index contributed by atoms with van der Waals surface area (Å²) < 4.78 is 11.6. The lowest BCUT2D eigenvalue weighted by molar-refractivity contribution is -0.0644. The topological polar surface area (TPSA) is 85.0 Å². The Morgan fingerprint density at radius 1 is 1.38 bits per heavy atom. The summed E-state index contributed by atoms with van der Waals surface area (Å²) in [6.07, 6.45) is 1.94. The van der Waals surface area contributed by atoms with Crippen LogP contribution in [-0.4, -0.2) is 47.9 Å². The molecule has 0 radical (unpaired) electrons. The number of aryl methyl sites for hydroxylation is 1. The van der Waals surface area contributed by atoms with Gasteiger partial charge in [-0.2, -0.15) is 0 Å². The number of nitrogens with zero attached hydrogens (tertiary/aromatic N) is 1. The van der Waals surface area contributed by atoms with Gasteiger partial charge in [0, 0.05) is 31.6 Å². The summed E-state index contributed by atoms with van der Waals surface area (Å²) in [7, 11) is 0. The molecule has 6 nitrogen and oxygen atoms in total. The first-order valence-corrected chi connectivity index (χ1v) is 9.53. The number of amides is 1. The molecule has 0 aromatic heterocycles. The predicted molar refractivity (Wildman–Crippen MR) is 99.1 cm³/mol. The van der Waals surface area contributed by atoms with Gasteiger partial charge in [-0.05, 0) is 50.7 Å². The van der Waals surface area contributed by atoms with Crippen LogP contribution in [0.4, 0.5) is 4.79 Å². The number of benzene rings is 1. The highest BCUT2D eigenvalue weighted by Gasteiger charge is 2.36. The van der Waals surface area contributed by atoms with Crippen LogP contribution in [-0.2, 0) is 15.9 Å². The van der Waals surface area contributed by atoms with Crippen LogP contribution in [0.5, 0.6) is 5.75 Å². The Hall–Kier alpha value is -1.79. The van der Waals surface area contributed by atoms with Gasteiger partial charge < -0.3 is 25.2 Å². The smallest absolute Gasteiger partial charge is 0.410 e. The number of hydrogen-bond donors (Lipinski definition) is 2. The number of fused-ring (bicyclic) bond motifs is 1. The molecule has 2 heterocycles. The molecule has 1 amide bonds. The first-order chi connectivity index (χ1) is 12.4. The van der Waals surface area contributed by atoms with Crippen molar-refractivity contribution in [1.29, 1.82) is 0 Å². The van der Waals surface area contributed by atoms with E-state index in [4.69, 9.17) is 15.2 Å². The van der Waals surface area contributed by atoms with Crippen LogP contribution < -0.4 is 5.73 Å². The van der Waals surface area contributed by atoms with E-state index < -0.39 is 0 Å². The highest BCUT2D eigenvalue weighted by atomic mass is 16.6. The number of nitrogens with two attached hydrogens (primary N) is 1. The standard InChI is InChI=1S/C20H30N2O4/c1-12(2)25-20(24)22-8-6-14(7-9-22)17-10-16-15(18(11-21)26-17)5-4-13(3)19(16)23/h4-5,12,14,17-18,23H,6-11,21H2,1-3H3. The fourth-order valence-corrected chi connectivity index (χ4v) is 4.01. The largest absolute Gasteiger partial charge is 0.507 e. The Labute approximate surface area is 155 Å². The Bertz CT molecular complexity index is 653. The van der Waals surface area contributed by atoms with E-state index in [1.807, 2.05) is 32.9 Å². The van der Waals surface area contributed by atoms with Crippen molar-refractivity contribution in [3.8, 4) is 5.75 Å². The molecule has 0 aliphatic carbocycles. The Morgan fingerprint density at radius 2 is 2.08 bits per heavy atom. The fraction of sp³-hybridized carbons (Fsp3) is 0.650. The van der Waals surface area contributed by atoms with E-state index in [0.29, 0.717) is 37.7 Å². The summed E-state index contributed by atoms with van der Waals surface area (Å²) in [6.45, 7) is 7.38. The fourth-order valence-electron chi connectivity index (χ4n) is 4.01. The number of ether oxygens (including phenoxy) is 2. The SMILES string of the molecule is Cc1ccc2c(c1O)CC(C1CCN(C(=O)OC(C)C)CC1)OC2CN. The molecule has 3 rings (SSSR count). The molecule has 2 atom stereocenters. The number of rotatable bonds is 3. The van der Waals surface area contributed by atoms with Crippen molar-refractivity contribution in [3.63, 3.8) is 0 Å². The van der Waals surface area contributed by atoms with E-state index in [-0.39, 0.29) is 24.4 Å². The molecule has 1 saturated heterocycles. The third-order valence-electron chi connectivity index (χ3n) is 5.49. The molecule has 144 valence electrons. The first-order valence-electron chi connectivity index (χ1n) is 9.53. The van der Waals surface area contributed by atoms with Crippen molar-refractivity contribution in [1.82, 2.24) is 4.90 Å². The van der Waals surface area contributed by atoms with Gasteiger partial charge in [0.05, 0.1) is 18.3 Å². The predicted octanol–water partition coefficient (Wildman–Crippen LogP) is 2.90. The molecule has 3 N–H and O–H groups in total. The van der Waals surface area contributed by atoms with E-state index in [1.165, 1.54) is 0 Å². The zero-order valence-corrected chi connectivity index (χ0v) is 15.9. The van der Waals surface area contributed by atoms with Crippen LogP contribution >= 0.6 is 0 Å². The normalized spacial score (nSPS) is 23.8. The average Bonchev–Trinajstić information content (AvgIpc) is 2.63. The number of hydrogen-bond acceptors (Lipinski definition) is 5. The molecule has 1 aromatic rings. The number of likely N-dealkylation sites (tertiary alicyclic amines) is 1. The molecule has 2 aliphatic rings. The lowest BCUT2D eigenvalue weighted by Crippen LogP contribution is -2.44. The maximum absolute atomic E-state index is 12.1. The van der Waals surface area contributed by atoms with Crippen LogP contribution in [0, 0.1) is 12.8 Å². The van der Waals surface area contributed by atoms with Gasteiger partial charge in [0.2, 0.25) is 0 Å². The summed E-state index contributed by atoms with van der Waals surface area (Å²) in [6, 6.07) is 3.93. The maximum atomic E-state index is 12.1. The van der Waals surface area contributed by atoms with Crippen molar-refractivity contribution in [2.45, 2.75) is 58.3 Å². The molecule has 0 spiro atoms. The van der Waals surface area contributed by atoms with Gasteiger partial charge in [-0.25, -0.2) is 4.79 Å². The van der Waals surface area contributed by atoms with Gasteiger partial charge in [-0.1, -0.05) is 12.1 Å². The van der Waals surface area contributed by atoms with Crippen molar-refractivity contribution in [3.05, 3.63) is 28.8 Å². The van der Waals surface area contributed by atoms with Crippen LogP contribution in [0.25, 0.3) is 0 Å². The average molecular weight is 362 g/mol. The van der Waals surface area contributed by atoms with Crippen molar-refractivity contribution in [2.24, 2.45) is 11.7 Å². The minimum Gasteiger partial charge on any atom is -0.507 e. The number of piperidine rings is 1. The van der Waals surface area contributed by atoms with Crippen molar-refractivity contribution < 1.29 is 19.4 Å². The minimum absolute atomic E-state index is 0.0204. The van der Waals surface area contributed by atoms with Crippen molar-refractivity contribution in [2.75, 3.05) is 19.6 Å². The van der Waals surface area contributed by atoms with Gasteiger partial charge in [-0.3, -0.25) is 0 Å². The Kier molecular flexibility index (Phi) is 5.73. The second kappa shape index (κ2) is 7.84. The molecule has 1 fully saturated rings. The van der Waals surface area contributed by atoms with E-state index in [2.05, 4.69) is 0 Å². The summed E-state index contributed by atoms with van der Waals surface area (Å²) >= 11 is 0. The lowest BCUT2D eigenvalue weighted by Gasteiger charge is -2.40. The second-order valence-corrected chi connectivity index (χ2v) is 7.66. The molecule has 26 heavy (non-hydrogen) atoms. The van der Waals surface area contributed by atoms with E-state index in [0.717, 1.165) is 29.5 Å². The summed E-state index contributed by atoms with van der Waals surface area (Å²) in [4.78, 5) is 13.8. The Balaban J connectivity index is 1.68. The van der Waals surface area contributed by atoms with Crippen LogP contribution in [0.2, 0.25) is 0 Å². The van der Waals surface area contributed by atoms with E-state index >= 15 is 0 Å². The summed E-state index contributed by atoms with van der Waals surface area (Å²) in [5.41, 5.74) is 8.79. The van der Waals surface area contributed by atoms with Gasteiger partial charge in [0.25, 0.3) is 0 Å². The van der Waals surface area contributed by atoms with Crippen LogP contribution in [0.1, 0.15) is 49.5 Å². The molecular formula is C20H30N2O4. The van der Waals surface area contributed by atoms with Crippen LogP contribution in [0.3, 0.4) is 0 Å². The zero-order chi connectivity index (χ0) is 18.8. The summed E-state index contributed by atoms with van der Waals surface area (Å²) in [5, 5.41) is 10.5. The molecule has 0 saturated carbocycles. The summed E-state index contributed by atoms with van der Waals surface area (Å²) in [5.74, 6) is 0.715. The van der Waals surface area contributed by atoms with Crippen LogP contribution in [0.15, 0.2) is 12.1 Å². The number of aromatic hydroxyl groups is 1. The minimum atomic E-state index is -0.235. The highest BCUT2D eigenvalue weighted by molar-refractivity contribution is 5.67. The molecule has 0 bridgehead atoms. The maximum Gasteiger partial charge on any atom is 0.410 e. The zero-order valence-electron chi connectivity index (χ0n) is 15.9. The van der Waals surface area contributed by atoms with Gasteiger partial charge >= 0.3 is 6.09 Å². The third-order valence-corrected chi connectivity index (χ3v) is 5.49. The van der Waals surface area contributed by atoms with Gasteiger partial charge in [0.1, 0.15) is 5.75 Å². The number of carbonyl (C=O) groups is 1.